The summed E-state index contributed by atoms with van der Waals surface area (Å²) in [6.07, 6.45) is -5.70. The lowest BCUT2D eigenvalue weighted by atomic mass is 10.1. The molecule has 9 heteroatoms. The Balaban J connectivity index is 3.23. The highest BCUT2D eigenvalue weighted by Crippen LogP contribution is 2.26. The Hall–Kier alpha value is -2.50. The summed E-state index contributed by atoms with van der Waals surface area (Å²) in [6, 6.07) is 2.22. The number of halogens is 3. The van der Waals surface area contributed by atoms with Crippen LogP contribution >= 0.6 is 0 Å². The zero-order chi connectivity index (χ0) is 13.9. The molecule has 1 rings (SSSR count). The first-order valence-electron chi connectivity index (χ1n) is 4.40. The Morgan fingerprint density at radius 1 is 1.61 bits per heavy atom. The summed E-state index contributed by atoms with van der Waals surface area (Å²) in [5.41, 5.74) is 4.41. The van der Waals surface area contributed by atoms with Crippen molar-refractivity contribution in [2.75, 3.05) is 5.73 Å². The molecule has 0 aromatic carbocycles. The zero-order valence-electron chi connectivity index (χ0n) is 8.65. The van der Waals surface area contributed by atoms with Crippen molar-refractivity contribution in [1.29, 1.82) is 5.26 Å². The molecule has 1 aromatic heterocycles. The molecule has 0 saturated carbocycles. The summed E-state index contributed by atoms with van der Waals surface area (Å²) in [4.78, 5) is 13.8. The van der Waals surface area contributed by atoms with Gasteiger partial charge in [-0.1, -0.05) is 0 Å². The molecule has 1 heterocycles. The lowest BCUT2D eigenvalue weighted by Gasteiger charge is -2.11. The highest BCUT2D eigenvalue weighted by molar-refractivity contribution is 5.73. The summed E-state index contributed by atoms with van der Waals surface area (Å²) in [5, 5.41) is 17.2. The molecular weight excluding hydrogens is 255 g/mol. The van der Waals surface area contributed by atoms with Crippen molar-refractivity contribution in [2.45, 2.75) is 12.8 Å². The van der Waals surface area contributed by atoms with Crippen LogP contribution < -0.4 is 10.5 Å². The van der Waals surface area contributed by atoms with Gasteiger partial charge in [-0.3, -0.25) is 4.79 Å². The van der Waals surface area contributed by atoms with E-state index in [1.165, 1.54) is 6.07 Å². The minimum absolute atomic E-state index is 0.283. The fourth-order valence-corrected chi connectivity index (χ4v) is 1.12. The molecule has 1 aromatic rings. The number of alkyl halides is 3. The van der Waals surface area contributed by atoms with Crippen LogP contribution in [-0.4, -0.2) is 22.4 Å². The maximum atomic E-state index is 12.0. The van der Waals surface area contributed by atoms with Crippen molar-refractivity contribution in [3.05, 3.63) is 17.3 Å². The van der Waals surface area contributed by atoms with E-state index in [4.69, 9.17) is 16.1 Å². The standard InChI is InChI=1S/C9H6F3N3O3/c10-9(11,12)18-6-1-4(3-13)8(14)5(15-6)2-7(16)17/h1H,2,14H2,(H,16,17). The fraction of sp³-hybridized carbons (Fsp3) is 0.222. The van der Waals surface area contributed by atoms with E-state index in [9.17, 15) is 18.0 Å². The lowest BCUT2D eigenvalue weighted by Crippen LogP contribution is -2.19. The number of nitrogens with two attached hydrogens (primary N) is 1. The third kappa shape index (κ3) is 3.51. The summed E-state index contributed by atoms with van der Waals surface area (Å²) in [7, 11) is 0. The number of hydrogen-bond donors (Lipinski definition) is 2. The Morgan fingerprint density at radius 2 is 2.22 bits per heavy atom. The van der Waals surface area contributed by atoms with Crippen LogP contribution in [0, 0.1) is 11.3 Å². The number of rotatable bonds is 3. The Morgan fingerprint density at radius 3 is 2.67 bits per heavy atom. The average Bonchev–Trinajstić information content (AvgIpc) is 2.19. The number of hydrogen-bond acceptors (Lipinski definition) is 5. The van der Waals surface area contributed by atoms with Crippen LogP contribution in [0.2, 0.25) is 0 Å². The van der Waals surface area contributed by atoms with Crippen LogP contribution in [0.15, 0.2) is 6.07 Å². The molecule has 0 saturated heterocycles. The van der Waals surface area contributed by atoms with Gasteiger partial charge in [-0.05, 0) is 0 Å². The molecule has 0 aliphatic heterocycles. The van der Waals surface area contributed by atoms with Gasteiger partial charge in [0.1, 0.15) is 6.07 Å². The van der Waals surface area contributed by atoms with Crippen molar-refractivity contribution in [2.24, 2.45) is 0 Å². The third-order valence-corrected chi connectivity index (χ3v) is 1.77. The van der Waals surface area contributed by atoms with Crippen LogP contribution in [0.4, 0.5) is 18.9 Å². The molecule has 6 nitrogen and oxygen atoms in total. The van der Waals surface area contributed by atoms with Crippen LogP contribution in [0.3, 0.4) is 0 Å². The first-order chi connectivity index (χ1) is 8.23. The molecule has 3 N–H and O–H groups in total. The first kappa shape index (κ1) is 13.6. The normalized spacial score (nSPS) is 10.8. The topological polar surface area (TPSA) is 109 Å². The summed E-state index contributed by atoms with van der Waals surface area (Å²) >= 11 is 0. The van der Waals surface area contributed by atoms with Crippen LogP contribution in [0.1, 0.15) is 11.3 Å². The van der Waals surface area contributed by atoms with E-state index in [-0.39, 0.29) is 16.9 Å². The molecule has 0 aliphatic carbocycles. The van der Waals surface area contributed by atoms with Crippen LogP contribution in [-0.2, 0) is 11.2 Å². The van der Waals surface area contributed by atoms with E-state index >= 15 is 0 Å². The number of nitrogen functional groups attached to an aromatic ring is 1. The van der Waals surface area contributed by atoms with Gasteiger partial charge in [0.2, 0.25) is 5.88 Å². The van der Waals surface area contributed by atoms with E-state index in [0.29, 0.717) is 6.07 Å². The van der Waals surface area contributed by atoms with Gasteiger partial charge in [-0.2, -0.15) is 5.26 Å². The number of ether oxygens (including phenoxy) is 1. The lowest BCUT2D eigenvalue weighted by molar-refractivity contribution is -0.276. The Bertz CT molecular complexity index is 522. The number of nitriles is 1. The van der Waals surface area contributed by atoms with Gasteiger partial charge in [0.15, 0.2) is 0 Å². The smallest absolute Gasteiger partial charge is 0.481 e. The van der Waals surface area contributed by atoms with Crippen molar-refractivity contribution in [3.63, 3.8) is 0 Å². The van der Waals surface area contributed by atoms with Gasteiger partial charge in [0, 0.05) is 6.07 Å². The molecule has 0 fully saturated rings. The Kier molecular flexibility index (Phi) is 3.61. The number of pyridine rings is 1. The molecule has 0 aliphatic rings. The van der Waals surface area contributed by atoms with Crippen molar-refractivity contribution in [3.8, 4) is 11.9 Å². The molecule has 0 spiro atoms. The summed E-state index contributed by atoms with van der Waals surface area (Å²) in [6.45, 7) is 0. The number of nitrogens with zero attached hydrogens (tertiary/aromatic N) is 2. The van der Waals surface area contributed by atoms with Gasteiger partial charge < -0.3 is 15.6 Å². The summed E-state index contributed by atoms with van der Waals surface area (Å²) < 4.78 is 39.4. The number of carbonyl (C=O) groups is 1. The van der Waals surface area contributed by atoms with Gasteiger partial charge >= 0.3 is 12.3 Å². The van der Waals surface area contributed by atoms with Crippen molar-refractivity contribution in [1.82, 2.24) is 4.98 Å². The summed E-state index contributed by atoms with van der Waals surface area (Å²) in [5.74, 6) is -2.27. The van der Waals surface area contributed by atoms with E-state index in [1.807, 2.05) is 0 Å². The highest BCUT2D eigenvalue weighted by atomic mass is 19.4. The SMILES string of the molecule is N#Cc1cc(OC(F)(F)F)nc(CC(=O)O)c1N. The van der Waals surface area contributed by atoms with Gasteiger partial charge in [-0.25, -0.2) is 4.98 Å². The van der Waals surface area contributed by atoms with Crippen molar-refractivity contribution < 1.29 is 27.8 Å². The largest absolute Gasteiger partial charge is 0.574 e. The van der Waals surface area contributed by atoms with Gasteiger partial charge in [-0.15, -0.1) is 13.2 Å². The molecule has 0 radical (unpaired) electrons. The second-order valence-electron chi connectivity index (χ2n) is 3.10. The predicted molar refractivity (Wildman–Crippen MR) is 51.4 cm³/mol. The first-order valence-corrected chi connectivity index (χ1v) is 4.40. The van der Waals surface area contributed by atoms with Crippen LogP contribution in [0.5, 0.6) is 5.88 Å². The maximum absolute atomic E-state index is 12.0. The fourth-order valence-electron chi connectivity index (χ4n) is 1.12. The highest BCUT2D eigenvalue weighted by Gasteiger charge is 2.32. The second kappa shape index (κ2) is 4.79. The van der Waals surface area contributed by atoms with Crippen molar-refractivity contribution >= 4 is 11.7 Å². The van der Waals surface area contributed by atoms with E-state index in [0.717, 1.165) is 0 Å². The van der Waals surface area contributed by atoms with Gasteiger partial charge in [0.05, 0.1) is 23.4 Å². The number of aliphatic carboxylic acids is 1. The number of aromatic nitrogens is 1. The maximum Gasteiger partial charge on any atom is 0.574 e. The molecule has 0 bridgehead atoms. The quantitative estimate of drug-likeness (QED) is 0.841. The minimum Gasteiger partial charge on any atom is -0.481 e. The van der Waals surface area contributed by atoms with E-state index in [1.54, 1.807) is 0 Å². The molecule has 0 unspecified atom stereocenters. The number of carboxylic acids is 1. The molecule has 18 heavy (non-hydrogen) atoms. The predicted octanol–water partition coefficient (Wildman–Crippen LogP) is 1.06. The molecule has 0 atom stereocenters. The van der Waals surface area contributed by atoms with E-state index in [2.05, 4.69) is 9.72 Å². The molecular formula is C9H6F3N3O3. The van der Waals surface area contributed by atoms with Crippen LogP contribution in [0.25, 0.3) is 0 Å². The number of anilines is 1. The van der Waals surface area contributed by atoms with E-state index < -0.39 is 24.6 Å². The minimum atomic E-state index is -4.99. The average molecular weight is 261 g/mol. The molecule has 96 valence electrons. The monoisotopic (exact) mass is 261 g/mol. The second-order valence-corrected chi connectivity index (χ2v) is 3.10. The van der Waals surface area contributed by atoms with Gasteiger partial charge in [0.25, 0.3) is 0 Å². The Labute approximate surface area is 98.4 Å². The zero-order valence-corrected chi connectivity index (χ0v) is 8.65. The third-order valence-electron chi connectivity index (χ3n) is 1.77. The molecule has 0 amide bonds. The number of carboxylic acid groups (broad SMARTS) is 1.